The third-order valence-corrected chi connectivity index (χ3v) is 6.06. The molecule has 2 heterocycles. The molecule has 10 heteroatoms. The first-order chi connectivity index (χ1) is 16.2. The normalized spacial score (nSPS) is 17.0. The summed E-state index contributed by atoms with van der Waals surface area (Å²) in [7, 11) is 4.10. The second-order valence-electron chi connectivity index (χ2n) is 8.62. The van der Waals surface area contributed by atoms with Crippen LogP contribution in [0.15, 0.2) is 48.5 Å². The molecule has 4 rings (SSSR count). The monoisotopic (exact) mass is 468 g/mol. The minimum atomic E-state index is -0.468. The lowest BCUT2D eigenvalue weighted by atomic mass is 10.1. The van der Waals surface area contributed by atoms with E-state index in [1.165, 1.54) is 24.3 Å². The van der Waals surface area contributed by atoms with Gasteiger partial charge >= 0.3 is 0 Å². The molecule has 2 amide bonds. The summed E-state index contributed by atoms with van der Waals surface area (Å²) in [5.41, 5.74) is 7.51. The molecule has 2 N–H and O–H groups in total. The number of anilines is 1. The van der Waals surface area contributed by atoms with Gasteiger partial charge in [0.05, 0.1) is 4.92 Å². The van der Waals surface area contributed by atoms with Gasteiger partial charge < -0.3 is 25.3 Å². The van der Waals surface area contributed by atoms with Crippen molar-refractivity contribution in [1.29, 1.82) is 0 Å². The number of carbonyl (C=O) groups excluding carboxylic acids is 2. The molecule has 182 valence electrons. The van der Waals surface area contributed by atoms with Crippen molar-refractivity contribution in [3.05, 3.63) is 69.8 Å². The lowest BCUT2D eigenvalue weighted by Crippen LogP contribution is -2.47. The number of nitrogens with zero attached hydrogens (tertiary/aromatic N) is 5. The van der Waals surface area contributed by atoms with Crippen molar-refractivity contribution in [2.45, 2.75) is 0 Å². The van der Waals surface area contributed by atoms with Crippen molar-refractivity contribution in [3.8, 4) is 0 Å². The van der Waals surface area contributed by atoms with E-state index in [2.05, 4.69) is 16.8 Å². The van der Waals surface area contributed by atoms with Crippen LogP contribution < -0.4 is 5.73 Å². The van der Waals surface area contributed by atoms with Crippen molar-refractivity contribution in [2.75, 3.05) is 72.2 Å². The van der Waals surface area contributed by atoms with Crippen molar-refractivity contribution < 1.29 is 14.5 Å². The van der Waals surface area contributed by atoms with Gasteiger partial charge in [-0.3, -0.25) is 19.7 Å². The minimum absolute atomic E-state index is 0.00456. The van der Waals surface area contributed by atoms with Crippen LogP contribution in [0.5, 0.6) is 0 Å². The van der Waals surface area contributed by atoms with Gasteiger partial charge in [-0.25, -0.2) is 0 Å². The topological polar surface area (TPSA) is 116 Å². The quantitative estimate of drug-likeness (QED) is 0.413. The van der Waals surface area contributed by atoms with Crippen LogP contribution in [0.4, 0.5) is 11.4 Å². The molecule has 0 atom stereocenters. The number of amides is 2. The molecule has 2 aliphatic heterocycles. The van der Waals surface area contributed by atoms with Gasteiger partial charge in [-0.1, -0.05) is 0 Å². The number of carbonyl (C=O) groups is 2. The summed E-state index contributed by atoms with van der Waals surface area (Å²) < 4.78 is 0. The van der Waals surface area contributed by atoms with Gasteiger partial charge in [-0.15, -0.1) is 0 Å². The zero-order valence-electron chi connectivity index (χ0n) is 19.7. The summed E-state index contributed by atoms with van der Waals surface area (Å²) in [6.45, 7) is 6.62. The summed E-state index contributed by atoms with van der Waals surface area (Å²) in [5, 5.41) is 10.5. The molecule has 0 spiro atoms. The molecule has 0 bridgehead atoms. The third-order valence-electron chi connectivity index (χ3n) is 6.06. The average molecular weight is 469 g/mol. The molecule has 2 aromatic carbocycles. The fourth-order valence-corrected chi connectivity index (χ4v) is 3.74. The number of nitrogens with two attached hydrogens (primary N) is 1. The van der Waals surface area contributed by atoms with Crippen LogP contribution >= 0.6 is 0 Å². The number of hydrogen-bond donors (Lipinski definition) is 1. The molecular formula is C24H32N6O4. The Morgan fingerprint density at radius 3 is 1.41 bits per heavy atom. The van der Waals surface area contributed by atoms with E-state index >= 15 is 0 Å². The summed E-state index contributed by atoms with van der Waals surface area (Å²) in [5.74, 6) is 0.0473. The van der Waals surface area contributed by atoms with Gasteiger partial charge in [-0.2, -0.15) is 0 Å². The highest BCUT2D eigenvalue weighted by Gasteiger charge is 2.21. The molecule has 2 aliphatic rings. The van der Waals surface area contributed by atoms with Crippen LogP contribution in [0.2, 0.25) is 0 Å². The van der Waals surface area contributed by atoms with E-state index < -0.39 is 4.92 Å². The van der Waals surface area contributed by atoms with Crippen LogP contribution in [0.25, 0.3) is 0 Å². The van der Waals surface area contributed by atoms with Gasteiger partial charge in [0.15, 0.2) is 0 Å². The number of nitrogen functional groups attached to an aromatic ring is 1. The van der Waals surface area contributed by atoms with Crippen LogP contribution in [0.3, 0.4) is 0 Å². The Balaban J connectivity index is 0.000000192. The maximum absolute atomic E-state index is 12.1. The van der Waals surface area contributed by atoms with Gasteiger partial charge in [0, 0.05) is 81.3 Å². The standard InChI is InChI=1S/C12H15N3O3.C12H17N3O/c1-13-6-8-14(9-7-13)12(16)10-2-4-11(5-3-10)15(17)18;1-14-6-8-15(9-7-14)12(16)10-2-4-11(13)5-3-10/h2-5H,6-9H2,1H3;2-5H,6-9,13H2,1H3. The Kier molecular flexibility index (Phi) is 8.55. The maximum Gasteiger partial charge on any atom is 0.269 e. The number of non-ortho nitro benzene ring substituents is 1. The van der Waals surface area contributed by atoms with Crippen LogP contribution in [-0.2, 0) is 0 Å². The van der Waals surface area contributed by atoms with Crippen molar-refractivity contribution in [3.63, 3.8) is 0 Å². The fourth-order valence-electron chi connectivity index (χ4n) is 3.74. The molecule has 0 aromatic heterocycles. The predicted molar refractivity (Wildman–Crippen MR) is 131 cm³/mol. The summed E-state index contributed by atoms with van der Waals surface area (Å²) in [6.07, 6.45) is 0. The Morgan fingerprint density at radius 2 is 1.06 bits per heavy atom. The second kappa shape index (κ2) is 11.6. The van der Waals surface area contributed by atoms with Crippen LogP contribution in [-0.4, -0.2) is 103 Å². The number of rotatable bonds is 3. The van der Waals surface area contributed by atoms with Crippen LogP contribution in [0.1, 0.15) is 20.7 Å². The highest BCUT2D eigenvalue weighted by molar-refractivity contribution is 5.95. The average Bonchev–Trinajstić information content (AvgIpc) is 2.85. The zero-order chi connectivity index (χ0) is 24.7. The van der Waals surface area contributed by atoms with Crippen LogP contribution in [0, 0.1) is 10.1 Å². The smallest absolute Gasteiger partial charge is 0.269 e. The van der Waals surface area contributed by atoms with Crippen molar-refractivity contribution in [2.24, 2.45) is 0 Å². The Bertz CT molecular complexity index is 980. The first kappa shape index (κ1) is 25.1. The molecule has 0 unspecified atom stereocenters. The minimum Gasteiger partial charge on any atom is -0.399 e. The predicted octanol–water partition coefficient (Wildman–Crippen LogP) is 1.64. The maximum atomic E-state index is 12.1. The first-order valence-corrected chi connectivity index (χ1v) is 11.3. The molecular weight excluding hydrogens is 436 g/mol. The number of benzene rings is 2. The first-order valence-electron chi connectivity index (χ1n) is 11.3. The zero-order valence-corrected chi connectivity index (χ0v) is 19.7. The van der Waals surface area contributed by atoms with Gasteiger partial charge in [0.2, 0.25) is 0 Å². The number of piperazine rings is 2. The number of nitro benzene ring substituents is 1. The summed E-state index contributed by atoms with van der Waals surface area (Å²) in [4.78, 5) is 42.3. The molecule has 10 nitrogen and oxygen atoms in total. The lowest BCUT2D eigenvalue weighted by molar-refractivity contribution is -0.384. The number of hydrogen-bond acceptors (Lipinski definition) is 7. The highest BCUT2D eigenvalue weighted by Crippen LogP contribution is 2.14. The molecule has 0 saturated carbocycles. The van der Waals surface area contributed by atoms with Crippen molar-refractivity contribution in [1.82, 2.24) is 19.6 Å². The Labute approximate surface area is 199 Å². The lowest BCUT2D eigenvalue weighted by Gasteiger charge is -2.32. The summed E-state index contributed by atoms with van der Waals surface area (Å²) >= 11 is 0. The van der Waals surface area contributed by atoms with Gasteiger partial charge in [-0.05, 0) is 50.5 Å². The molecule has 2 fully saturated rings. The second-order valence-corrected chi connectivity index (χ2v) is 8.62. The molecule has 2 saturated heterocycles. The molecule has 2 aromatic rings. The van der Waals surface area contributed by atoms with E-state index in [9.17, 15) is 19.7 Å². The van der Waals surface area contributed by atoms with Crippen molar-refractivity contribution >= 4 is 23.2 Å². The highest BCUT2D eigenvalue weighted by atomic mass is 16.6. The Hall–Kier alpha value is -3.50. The van der Waals surface area contributed by atoms with E-state index in [0.29, 0.717) is 24.3 Å². The largest absolute Gasteiger partial charge is 0.399 e. The SMILES string of the molecule is CN1CCN(C(=O)c2ccc(N)cc2)CC1.CN1CCN(C(=O)c2ccc([N+](=O)[O-])cc2)CC1. The van der Waals surface area contributed by atoms with Gasteiger partial charge in [0.1, 0.15) is 0 Å². The van der Waals surface area contributed by atoms with E-state index in [1.807, 2.05) is 11.9 Å². The van der Waals surface area contributed by atoms with E-state index in [-0.39, 0.29) is 17.5 Å². The number of nitro groups is 1. The molecule has 34 heavy (non-hydrogen) atoms. The summed E-state index contributed by atoms with van der Waals surface area (Å²) in [6, 6.07) is 12.9. The molecule has 0 aliphatic carbocycles. The van der Waals surface area contributed by atoms with E-state index in [4.69, 9.17) is 5.73 Å². The van der Waals surface area contributed by atoms with Gasteiger partial charge in [0.25, 0.3) is 17.5 Å². The molecule has 0 radical (unpaired) electrons. The van der Waals surface area contributed by atoms with E-state index in [0.717, 1.165) is 44.8 Å². The third kappa shape index (κ3) is 6.75. The van der Waals surface area contributed by atoms with E-state index in [1.54, 1.807) is 29.2 Å². The fraction of sp³-hybridized carbons (Fsp3) is 0.417. The number of likely N-dealkylation sites (N-methyl/N-ethyl adjacent to an activating group) is 2. The Morgan fingerprint density at radius 1 is 0.706 bits per heavy atom.